The van der Waals surface area contributed by atoms with Crippen LogP contribution in [-0.2, 0) is 11.3 Å². The first-order chi connectivity index (χ1) is 12.0. The van der Waals surface area contributed by atoms with Crippen LogP contribution in [0.15, 0.2) is 30.3 Å². The molecular formula is C18H20N4O3. The molecule has 1 N–H and O–H groups in total. The molecule has 2 amide bonds. The number of hydrogen-bond donors (Lipinski definition) is 1. The topological polar surface area (TPSA) is 76.5 Å². The smallest absolute Gasteiger partial charge is 0.272 e. The second-order valence-corrected chi connectivity index (χ2v) is 6.57. The van der Waals surface area contributed by atoms with Crippen LogP contribution >= 0.6 is 0 Å². The van der Waals surface area contributed by atoms with E-state index < -0.39 is 6.04 Å². The van der Waals surface area contributed by atoms with Crippen molar-refractivity contribution < 1.29 is 14.3 Å². The molecule has 7 nitrogen and oxygen atoms in total. The summed E-state index contributed by atoms with van der Waals surface area (Å²) in [6.45, 7) is 3.04. The van der Waals surface area contributed by atoms with Crippen molar-refractivity contribution in [3.63, 3.8) is 0 Å². The number of rotatable bonds is 2. The summed E-state index contributed by atoms with van der Waals surface area (Å²) in [6.07, 6.45) is 1.04. The largest absolute Gasteiger partial charge is 0.489 e. The van der Waals surface area contributed by atoms with Gasteiger partial charge in [-0.1, -0.05) is 19.1 Å². The zero-order chi connectivity index (χ0) is 17.6. The van der Waals surface area contributed by atoms with Gasteiger partial charge in [0.15, 0.2) is 0 Å². The molecule has 2 aliphatic rings. The summed E-state index contributed by atoms with van der Waals surface area (Å²) in [4.78, 5) is 26.7. The molecule has 2 aliphatic heterocycles. The first-order valence-corrected chi connectivity index (χ1v) is 8.42. The van der Waals surface area contributed by atoms with E-state index in [4.69, 9.17) is 4.74 Å². The molecule has 25 heavy (non-hydrogen) atoms. The van der Waals surface area contributed by atoms with Crippen LogP contribution in [-0.4, -0.2) is 41.3 Å². The lowest BCUT2D eigenvalue weighted by molar-refractivity contribution is -0.120. The molecule has 0 aliphatic carbocycles. The summed E-state index contributed by atoms with van der Waals surface area (Å²) in [7, 11) is 1.68. The van der Waals surface area contributed by atoms with Gasteiger partial charge in [-0.15, -0.1) is 0 Å². The maximum absolute atomic E-state index is 12.7. The molecule has 0 fully saturated rings. The molecule has 0 saturated heterocycles. The minimum Gasteiger partial charge on any atom is -0.489 e. The van der Waals surface area contributed by atoms with Crippen LogP contribution in [0.3, 0.4) is 0 Å². The molecule has 1 aromatic carbocycles. The van der Waals surface area contributed by atoms with E-state index >= 15 is 0 Å². The normalized spacial score (nSPS) is 22.0. The van der Waals surface area contributed by atoms with Crippen LogP contribution in [0.2, 0.25) is 0 Å². The zero-order valence-corrected chi connectivity index (χ0v) is 14.2. The zero-order valence-electron chi connectivity index (χ0n) is 14.2. The second kappa shape index (κ2) is 5.91. The summed E-state index contributed by atoms with van der Waals surface area (Å²) in [5.74, 6) is 0.469. The van der Waals surface area contributed by atoms with Gasteiger partial charge in [0, 0.05) is 19.3 Å². The van der Waals surface area contributed by atoms with Crippen LogP contribution in [0.25, 0.3) is 0 Å². The van der Waals surface area contributed by atoms with Crippen molar-refractivity contribution in [1.82, 2.24) is 15.1 Å². The van der Waals surface area contributed by atoms with E-state index in [0.29, 0.717) is 23.0 Å². The fourth-order valence-electron chi connectivity index (χ4n) is 3.37. The average molecular weight is 340 g/mol. The van der Waals surface area contributed by atoms with Gasteiger partial charge in [0.25, 0.3) is 11.8 Å². The molecule has 0 bridgehead atoms. The fourth-order valence-corrected chi connectivity index (χ4v) is 3.37. The Morgan fingerprint density at radius 3 is 2.96 bits per heavy atom. The number of aromatic nitrogens is 2. The van der Waals surface area contributed by atoms with Crippen molar-refractivity contribution in [2.45, 2.75) is 31.8 Å². The molecule has 0 radical (unpaired) electrons. The number of likely N-dealkylation sites (N-methyl/N-ethyl adjacent to an activating group) is 1. The third-order valence-electron chi connectivity index (χ3n) is 4.89. The molecule has 130 valence electrons. The number of nitrogens with one attached hydrogen (secondary N) is 1. The van der Waals surface area contributed by atoms with E-state index in [0.717, 1.165) is 18.7 Å². The number of ether oxygens (including phenoxy) is 1. The van der Waals surface area contributed by atoms with E-state index in [9.17, 15) is 9.59 Å². The monoisotopic (exact) mass is 340 g/mol. The Morgan fingerprint density at radius 1 is 1.36 bits per heavy atom. The molecule has 7 heteroatoms. The van der Waals surface area contributed by atoms with Gasteiger partial charge in [-0.25, -0.2) is 0 Å². The third-order valence-corrected chi connectivity index (χ3v) is 4.89. The predicted molar refractivity (Wildman–Crippen MR) is 91.9 cm³/mol. The Labute approximate surface area is 145 Å². The van der Waals surface area contributed by atoms with Gasteiger partial charge < -0.3 is 15.0 Å². The van der Waals surface area contributed by atoms with E-state index in [1.165, 1.54) is 4.90 Å². The second-order valence-electron chi connectivity index (χ2n) is 6.57. The Morgan fingerprint density at radius 2 is 2.16 bits per heavy atom. The van der Waals surface area contributed by atoms with Gasteiger partial charge in [-0.3, -0.25) is 14.3 Å². The van der Waals surface area contributed by atoms with Gasteiger partial charge in [0.05, 0.1) is 5.69 Å². The van der Waals surface area contributed by atoms with Crippen molar-refractivity contribution >= 4 is 17.5 Å². The van der Waals surface area contributed by atoms with E-state index in [2.05, 4.69) is 17.3 Å². The van der Waals surface area contributed by atoms with E-state index in [1.807, 2.05) is 35.0 Å². The standard InChI is InChI=1S/C18H20N4O3/c1-11-7-8-22-15(11)9-12(20-22)17(23)19-13-10-25-16-6-4-3-5-14(16)21(2)18(13)24/h3-6,9,11,13H,7-8,10H2,1-2H3,(H,19,23)/t11-,13-/m0/s1. The summed E-state index contributed by atoms with van der Waals surface area (Å²) >= 11 is 0. The third kappa shape index (κ3) is 2.65. The molecule has 4 rings (SSSR count). The summed E-state index contributed by atoms with van der Waals surface area (Å²) in [6, 6.07) is 8.39. The van der Waals surface area contributed by atoms with Gasteiger partial charge in [0.1, 0.15) is 24.1 Å². The summed E-state index contributed by atoms with van der Waals surface area (Å²) in [5.41, 5.74) is 2.11. The summed E-state index contributed by atoms with van der Waals surface area (Å²) in [5, 5.41) is 7.12. The highest BCUT2D eigenvalue weighted by atomic mass is 16.5. The first kappa shape index (κ1) is 15.7. The summed E-state index contributed by atoms with van der Waals surface area (Å²) < 4.78 is 7.58. The number of nitrogens with zero attached hydrogens (tertiary/aromatic N) is 3. The van der Waals surface area contributed by atoms with Gasteiger partial charge in [-0.2, -0.15) is 5.10 Å². The highest BCUT2D eigenvalue weighted by Gasteiger charge is 2.32. The highest BCUT2D eigenvalue weighted by molar-refractivity contribution is 6.02. The van der Waals surface area contributed by atoms with Crippen molar-refractivity contribution in [2.24, 2.45) is 0 Å². The number of anilines is 1. The number of hydrogen-bond acceptors (Lipinski definition) is 4. The number of fused-ring (bicyclic) bond motifs is 2. The first-order valence-electron chi connectivity index (χ1n) is 8.42. The van der Waals surface area contributed by atoms with Crippen molar-refractivity contribution in [3.8, 4) is 5.75 Å². The van der Waals surface area contributed by atoms with Crippen LogP contribution < -0.4 is 15.0 Å². The SMILES string of the molecule is C[C@H]1CCn2nc(C(=O)N[C@H]3COc4ccccc4N(C)C3=O)cc21. The quantitative estimate of drug-likeness (QED) is 0.900. The minimum absolute atomic E-state index is 0.0931. The Kier molecular flexibility index (Phi) is 3.71. The Bertz CT molecular complexity index is 845. The Hall–Kier alpha value is -2.83. The van der Waals surface area contributed by atoms with Crippen LogP contribution in [0.4, 0.5) is 5.69 Å². The van der Waals surface area contributed by atoms with E-state index in [-0.39, 0.29) is 18.4 Å². The van der Waals surface area contributed by atoms with Gasteiger partial charge in [0.2, 0.25) is 0 Å². The number of carbonyl (C=O) groups is 2. The molecular weight excluding hydrogens is 320 g/mol. The lowest BCUT2D eigenvalue weighted by Crippen LogP contribution is -2.49. The lowest BCUT2D eigenvalue weighted by Gasteiger charge is -2.20. The maximum atomic E-state index is 12.7. The van der Waals surface area contributed by atoms with Crippen LogP contribution in [0.5, 0.6) is 5.75 Å². The van der Waals surface area contributed by atoms with E-state index in [1.54, 1.807) is 7.05 Å². The average Bonchev–Trinajstić information content (AvgIpc) is 3.16. The number of para-hydroxylation sites is 2. The van der Waals surface area contributed by atoms with Crippen LogP contribution in [0, 0.1) is 0 Å². The molecule has 0 saturated carbocycles. The number of aryl methyl sites for hydroxylation is 1. The maximum Gasteiger partial charge on any atom is 0.272 e. The van der Waals surface area contributed by atoms with Gasteiger partial charge in [-0.05, 0) is 30.5 Å². The lowest BCUT2D eigenvalue weighted by atomic mass is 10.1. The fraction of sp³-hybridized carbons (Fsp3) is 0.389. The molecule has 3 heterocycles. The predicted octanol–water partition coefficient (Wildman–Crippen LogP) is 1.54. The molecule has 2 aromatic rings. The highest BCUT2D eigenvalue weighted by Crippen LogP contribution is 2.30. The number of carbonyl (C=O) groups excluding carboxylic acids is 2. The number of amides is 2. The minimum atomic E-state index is -0.751. The van der Waals surface area contributed by atoms with Crippen molar-refractivity contribution in [1.29, 1.82) is 0 Å². The molecule has 0 unspecified atom stereocenters. The Balaban J connectivity index is 1.52. The molecule has 2 atom stereocenters. The van der Waals surface area contributed by atoms with Crippen LogP contribution in [0.1, 0.15) is 35.4 Å². The van der Waals surface area contributed by atoms with Gasteiger partial charge >= 0.3 is 0 Å². The van der Waals surface area contributed by atoms with Crippen molar-refractivity contribution in [2.75, 3.05) is 18.6 Å². The molecule has 0 spiro atoms. The number of benzene rings is 1. The van der Waals surface area contributed by atoms with Crippen molar-refractivity contribution in [3.05, 3.63) is 41.7 Å². The molecule has 1 aromatic heterocycles.